The minimum absolute atomic E-state index is 0.190. The average molecular weight is 380 g/mol. The van der Waals surface area contributed by atoms with E-state index in [-0.39, 0.29) is 18.1 Å². The molecule has 2 atom stereocenters. The van der Waals surface area contributed by atoms with Crippen LogP contribution in [0.4, 0.5) is 16.3 Å². The lowest BCUT2D eigenvalue weighted by molar-refractivity contribution is 0.156. The summed E-state index contributed by atoms with van der Waals surface area (Å²) in [6.07, 6.45) is 6.95. The molecule has 0 amide bonds. The Kier molecular flexibility index (Phi) is 5.42. The number of nitrogens with zero attached hydrogens (tertiary/aromatic N) is 4. The molecule has 7 nitrogen and oxygen atoms in total. The second-order valence-corrected chi connectivity index (χ2v) is 8.15. The minimum atomic E-state index is -0.681. The maximum Gasteiger partial charge on any atom is 0.246 e. The molecule has 3 aliphatic rings. The van der Waals surface area contributed by atoms with Crippen LogP contribution in [0.25, 0.3) is 0 Å². The molecule has 0 saturated heterocycles. The Morgan fingerprint density at radius 1 is 1.08 bits per heavy atom. The third-order valence-electron chi connectivity index (χ3n) is 5.20. The summed E-state index contributed by atoms with van der Waals surface area (Å²) in [7, 11) is 0. The molecule has 0 radical (unpaired) electrons. The molecule has 1 aromatic heterocycles. The summed E-state index contributed by atoms with van der Waals surface area (Å²) in [5, 5.41) is 4.00. The van der Waals surface area contributed by atoms with Gasteiger partial charge in [0, 0.05) is 6.04 Å². The summed E-state index contributed by atoms with van der Waals surface area (Å²) in [5.74, 6) is 1.81. The van der Waals surface area contributed by atoms with E-state index in [1.165, 1.54) is 24.6 Å². The predicted molar refractivity (Wildman–Crippen MR) is 101 cm³/mol. The Hall–Kier alpha value is -1.64. The van der Waals surface area contributed by atoms with E-state index >= 15 is 0 Å². The highest BCUT2D eigenvalue weighted by molar-refractivity contribution is 8.12. The van der Waals surface area contributed by atoms with Crippen LogP contribution in [-0.4, -0.2) is 44.5 Å². The lowest BCUT2D eigenvalue weighted by Crippen LogP contribution is -2.28. The molecule has 26 heavy (non-hydrogen) atoms. The van der Waals surface area contributed by atoms with Gasteiger partial charge in [-0.05, 0) is 44.9 Å². The number of hydrogen-bond acceptors (Lipinski definition) is 8. The van der Waals surface area contributed by atoms with Crippen molar-refractivity contribution in [2.24, 2.45) is 4.99 Å². The van der Waals surface area contributed by atoms with Crippen molar-refractivity contribution in [3.05, 3.63) is 5.82 Å². The molecule has 1 aliphatic heterocycles. The molecule has 3 N–H and O–H groups in total. The highest BCUT2D eigenvalue weighted by Gasteiger charge is 2.33. The minimum Gasteiger partial charge on any atom is -0.467 e. The number of aliphatic imine (C=N–C) groups is 1. The molecule has 4 rings (SSSR count). The molecule has 2 fully saturated rings. The lowest BCUT2D eigenvalue weighted by Gasteiger charge is -2.25. The van der Waals surface area contributed by atoms with E-state index in [2.05, 4.69) is 25.3 Å². The summed E-state index contributed by atoms with van der Waals surface area (Å²) < 4.78 is 19.2. The molecule has 0 bridgehead atoms. The number of anilines is 2. The largest absolute Gasteiger partial charge is 0.467 e. The highest BCUT2D eigenvalue weighted by Crippen LogP contribution is 2.32. The van der Waals surface area contributed by atoms with E-state index in [1.54, 1.807) is 0 Å². The Labute approximate surface area is 156 Å². The van der Waals surface area contributed by atoms with E-state index in [9.17, 15) is 4.39 Å². The van der Waals surface area contributed by atoms with Gasteiger partial charge >= 0.3 is 0 Å². The molecular weight excluding hydrogens is 355 g/mol. The van der Waals surface area contributed by atoms with Gasteiger partial charge in [-0.25, -0.2) is 9.38 Å². The van der Waals surface area contributed by atoms with Crippen molar-refractivity contribution >= 4 is 28.9 Å². The summed E-state index contributed by atoms with van der Waals surface area (Å²) in [6.45, 7) is 0. The predicted octanol–water partition coefficient (Wildman–Crippen LogP) is 3.08. The lowest BCUT2D eigenvalue weighted by atomic mass is 9.94. The van der Waals surface area contributed by atoms with Crippen molar-refractivity contribution in [3.8, 4) is 0 Å². The van der Waals surface area contributed by atoms with Gasteiger partial charge in [-0.15, -0.1) is 0 Å². The maximum absolute atomic E-state index is 13.3. The molecule has 2 unspecified atom stereocenters. The van der Waals surface area contributed by atoms with Gasteiger partial charge in [0.2, 0.25) is 17.1 Å². The van der Waals surface area contributed by atoms with Crippen molar-refractivity contribution < 1.29 is 9.13 Å². The van der Waals surface area contributed by atoms with Crippen LogP contribution in [0.3, 0.4) is 0 Å². The second kappa shape index (κ2) is 7.94. The van der Waals surface area contributed by atoms with Crippen LogP contribution in [-0.2, 0) is 10.5 Å². The van der Waals surface area contributed by atoms with Crippen LogP contribution in [0.1, 0.15) is 57.2 Å². The Morgan fingerprint density at radius 3 is 2.69 bits per heavy atom. The number of nitrogens with one attached hydrogen (secondary N) is 1. The molecular formula is C17H25FN6OS. The average Bonchev–Trinajstić information content (AvgIpc) is 3.04. The van der Waals surface area contributed by atoms with Gasteiger partial charge in [0.15, 0.2) is 0 Å². The number of alkyl halides is 1. The van der Waals surface area contributed by atoms with Crippen molar-refractivity contribution in [2.75, 3.05) is 11.1 Å². The van der Waals surface area contributed by atoms with Gasteiger partial charge in [0.1, 0.15) is 18.1 Å². The monoisotopic (exact) mass is 380 g/mol. The quantitative estimate of drug-likeness (QED) is 0.828. The molecule has 2 heterocycles. The fourth-order valence-corrected chi connectivity index (χ4v) is 4.59. The zero-order valence-corrected chi connectivity index (χ0v) is 15.6. The van der Waals surface area contributed by atoms with Crippen molar-refractivity contribution in [1.82, 2.24) is 15.0 Å². The van der Waals surface area contributed by atoms with Gasteiger partial charge in [0.25, 0.3) is 0 Å². The zero-order chi connectivity index (χ0) is 17.9. The third kappa shape index (κ3) is 4.36. The Balaban J connectivity index is 1.34. The van der Waals surface area contributed by atoms with Crippen molar-refractivity contribution in [3.63, 3.8) is 0 Å². The summed E-state index contributed by atoms with van der Waals surface area (Å²) in [4.78, 5) is 17.5. The fraction of sp³-hybridized carbons (Fsp3) is 0.765. The number of hydrogen-bond donors (Lipinski definition) is 2. The SMILES string of the molecule is Nc1nc(CSC2=NC3CCCCC3O2)nc(NC2CCC(F)CC2)n1. The summed E-state index contributed by atoms with van der Waals surface area (Å²) in [5.41, 5.74) is 5.83. The van der Waals surface area contributed by atoms with Gasteiger partial charge < -0.3 is 15.8 Å². The van der Waals surface area contributed by atoms with Gasteiger partial charge in [-0.1, -0.05) is 18.2 Å². The number of aromatic nitrogens is 3. The van der Waals surface area contributed by atoms with E-state index in [0.29, 0.717) is 36.4 Å². The number of halogens is 1. The number of nitrogen functional groups attached to an aromatic ring is 1. The van der Waals surface area contributed by atoms with Gasteiger partial charge in [0.05, 0.1) is 11.8 Å². The van der Waals surface area contributed by atoms with Gasteiger partial charge in [-0.2, -0.15) is 15.0 Å². The molecule has 142 valence electrons. The normalized spacial score (nSPS) is 31.0. The number of nitrogens with two attached hydrogens (primary N) is 1. The number of ether oxygens (including phenoxy) is 1. The Bertz CT molecular complexity index is 667. The van der Waals surface area contributed by atoms with Crippen LogP contribution >= 0.6 is 11.8 Å². The molecule has 9 heteroatoms. The first-order chi connectivity index (χ1) is 12.7. The van der Waals surface area contributed by atoms with Crippen LogP contribution in [0, 0.1) is 0 Å². The third-order valence-corrected chi connectivity index (χ3v) is 6.06. The molecule has 2 aliphatic carbocycles. The number of fused-ring (bicyclic) bond motifs is 1. The smallest absolute Gasteiger partial charge is 0.246 e. The van der Waals surface area contributed by atoms with Crippen molar-refractivity contribution in [1.29, 1.82) is 0 Å². The number of thioether (sulfide) groups is 1. The van der Waals surface area contributed by atoms with Crippen LogP contribution in [0.2, 0.25) is 0 Å². The standard InChI is InChI=1S/C17H25FN6OS/c18-10-5-7-11(8-6-10)20-16-23-14(22-15(19)24-16)9-26-17-21-12-3-1-2-4-13(12)25-17/h10-13H,1-9H2,(H3,19,20,22,23,24). The van der Waals surface area contributed by atoms with Crippen LogP contribution in [0.5, 0.6) is 0 Å². The van der Waals surface area contributed by atoms with Crippen LogP contribution < -0.4 is 11.1 Å². The van der Waals surface area contributed by atoms with E-state index in [1.807, 2.05) is 0 Å². The molecule has 1 aromatic rings. The zero-order valence-electron chi connectivity index (χ0n) is 14.7. The molecule has 2 saturated carbocycles. The second-order valence-electron chi connectivity index (χ2n) is 7.22. The Morgan fingerprint density at radius 2 is 1.88 bits per heavy atom. The first-order valence-corrected chi connectivity index (χ1v) is 10.4. The number of rotatable bonds is 4. The summed E-state index contributed by atoms with van der Waals surface area (Å²) >= 11 is 1.51. The summed E-state index contributed by atoms with van der Waals surface area (Å²) in [6, 6.07) is 0.507. The highest BCUT2D eigenvalue weighted by atomic mass is 32.2. The van der Waals surface area contributed by atoms with Gasteiger partial charge in [-0.3, -0.25) is 0 Å². The van der Waals surface area contributed by atoms with E-state index in [0.717, 1.165) is 30.9 Å². The first kappa shape index (κ1) is 17.8. The maximum atomic E-state index is 13.3. The first-order valence-electron chi connectivity index (χ1n) is 9.44. The topological polar surface area (TPSA) is 98.3 Å². The van der Waals surface area contributed by atoms with E-state index < -0.39 is 6.17 Å². The van der Waals surface area contributed by atoms with E-state index in [4.69, 9.17) is 10.5 Å². The molecule has 0 spiro atoms. The van der Waals surface area contributed by atoms with Crippen LogP contribution in [0.15, 0.2) is 4.99 Å². The molecule has 0 aromatic carbocycles. The fourth-order valence-electron chi connectivity index (χ4n) is 3.80. The van der Waals surface area contributed by atoms with Crippen molar-refractivity contribution in [2.45, 2.75) is 81.5 Å².